The van der Waals surface area contributed by atoms with Crippen LogP contribution in [-0.2, 0) is 11.3 Å². The largest absolute Gasteiger partial charge is 0.376 e. The van der Waals surface area contributed by atoms with Gasteiger partial charge in [-0.05, 0) is 6.42 Å². The summed E-state index contributed by atoms with van der Waals surface area (Å²) >= 11 is 7.09. The Hall–Kier alpha value is -0.380. The van der Waals surface area contributed by atoms with E-state index in [0.29, 0.717) is 17.7 Å². The summed E-state index contributed by atoms with van der Waals surface area (Å²) in [5.41, 5.74) is 0. The van der Waals surface area contributed by atoms with E-state index in [1.54, 1.807) is 6.20 Å². The first-order chi connectivity index (χ1) is 5.83. The Labute approximate surface area is 80.8 Å². The highest BCUT2D eigenvalue weighted by Crippen LogP contribution is 2.18. The predicted octanol–water partition coefficient (Wildman–Crippen LogP) is 2.89. The number of hydrogen-bond acceptors (Lipinski definition) is 3. The van der Waals surface area contributed by atoms with Crippen LogP contribution >= 0.6 is 22.9 Å². The lowest BCUT2D eigenvalue weighted by Crippen LogP contribution is -1.91. The molecule has 0 atom stereocenters. The zero-order valence-corrected chi connectivity index (χ0v) is 8.20. The number of thiazole rings is 1. The molecule has 0 saturated carbocycles. The molecule has 12 heavy (non-hydrogen) atoms. The Morgan fingerprint density at radius 3 is 3.17 bits per heavy atom. The van der Waals surface area contributed by atoms with Crippen LogP contribution in [0, 0.1) is 0 Å². The van der Waals surface area contributed by atoms with Gasteiger partial charge >= 0.3 is 0 Å². The summed E-state index contributed by atoms with van der Waals surface area (Å²) in [5, 5.41) is 0. The second-order valence-electron chi connectivity index (χ2n) is 2.21. The Balaban J connectivity index is 2.19. The SMILES string of the molecule is C=CCCOCc1cnc(Cl)s1. The summed E-state index contributed by atoms with van der Waals surface area (Å²) < 4.78 is 5.88. The summed E-state index contributed by atoms with van der Waals surface area (Å²) in [4.78, 5) is 4.96. The monoisotopic (exact) mass is 203 g/mol. The zero-order chi connectivity index (χ0) is 8.81. The van der Waals surface area contributed by atoms with Crippen molar-refractivity contribution in [3.63, 3.8) is 0 Å². The van der Waals surface area contributed by atoms with Crippen LogP contribution in [0.4, 0.5) is 0 Å². The first kappa shape index (κ1) is 9.71. The number of ether oxygens (including phenoxy) is 1. The third-order valence-corrected chi connectivity index (χ3v) is 2.32. The maximum absolute atomic E-state index is 5.64. The standard InChI is InChI=1S/C8H10ClNOS/c1-2-3-4-11-6-7-5-10-8(9)12-7/h2,5H,1,3-4,6H2. The van der Waals surface area contributed by atoms with Gasteiger partial charge in [-0.3, -0.25) is 0 Å². The van der Waals surface area contributed by atoms with E-state index in [-0.39, 0.29) is 0 Å². The highest BCUT2D eigenvalue weighted by Gasteiger charge is 1.97. The molecule has 0 saturated heterocycles. The fraction of sp³-hybridized carbons (Fsp3) is 0.375. The molecule has 1 heterocycles. The first-order valence-corrected chi connectivity index (χ1v) is 4.81. The van der Waals surface area contributed by atoms with Gasteiger partial charge in [-0.1, -0.05) is 17.7 Å². The number of rotatable bonds is 5. The second-order valence-corrected chi connectivity index (χ2v) is 3.91. The molecule has 0 aliphatic rings. The van der Waals surface area contributed by atoms with Gasteiger partial charge in [0.2, 0.25) is 0 Å². The maximum Gasteiger partial charge on any atom is 0.183 e. The van der Waals surface area contributed by atoms with Crippen molar-refractivity contribution in [2.24, 2.45) is 0 Å². The fourth-order valence-corrected chi connectivity index (χ4v) is 1.61. The van der Waals surface area contributed by atoms with Gasteiger partial charge in [0.25, 0.3) is 0 Å². The smallest absolute Gasteiger partial charge is 0.183 e. The van der Waals surface area contributed by atoms with Crippen molar-refractivity contribution in [2.75, 3.05) is 6.61 Å². The average molecular weight is 204 g/mol. The fourth-order valence-electron chi connectivity index (χ4n) is 0.690. The molecule has 0 N–H and O–H groups in total. The van der Waals surface area contributed by atoms with Gasteiger partial charge in [0.15, 0.2) is 4.47 Å². The van der Waals surface area contributed by atoms with Crippen LogP contribution in [0.1, 0.15) is 11.3 Å². The van der Waals surface area contributed by atoms with E-state index in [2.05, 4.69) is 11.6 Å². The number of nitrogens with zero attached hydrogens (tertiary/aromatic N) is 1. The Kier molecular flexibility index (Phi) is 4.29. The molecular weight excluding hydrogens is 194 g/mol. The van der Waals surface area contributed by atoms with E-state index < -0.39 is 0 Å². The summed E-state index contributed by atoms with van der Waals surface area (Å²) in [6.07, 6.45) is 4.45. The van der Waals surface area contributed by atoms with E-state index in [1.165, 1.54) is 11.3 Å². The predicted molar refractivity (Wildman–Crippen MR) is 51.6 cm³/mol. The van der Waals surface area contributed by atoms with Crippen molar-refractivity contribution in [2.45, 2.75) is 13.0 Å². The van der Waals surface area contributed by atoms with Crippen molar-refractivity contribution in [3.05, 3.63) is 28.2 Å². The van der Waals surface area contributed by atoms with Crippen LogP contribution in [0.5, 0.6) is 0 Å². The molecule has 0 amide bonds. The van der Waals surface area contributed by atoms with Crippen LogP contribution < -0.4 is 0 Å². The number of aromatic nitrogens is 1. The van der Waals surface area contributed by atoms with Gasteiger partial charge < -0.3 is 4.74 Å². The van der Waals surface area contributed by atoms with Gasteiger partial charge in [0.1, 0.15) is 0 Å². The minimum absolute atomic E-state index is 0.567. The maximum atomic E-state index is 5.64. The van der Waals surface area contributed by atoms with Crippen LogP contribution in [0.15, 0.2) is 18.9 Å². The van der Waals surface area contributed by atoms with E-state index in [9.17, 15) is 0 Å². The molecule has 2 nitrogen and oxygen atoms in total. The van der Waals surface area contributed by atoms with Crippen molar-refractivity contribution < 1.29 is 4.74 Å². The molecule has 4 heteroatoms. The summed E-state index contributed by atoms with van der Waals surface area (Å²) in [7, 11) is 0. The van der Waals surface area contributed by atoms with Gasteiger partial charge in [-0.15, -0.1) is 17.9 Å². The molecule has 0 unspecified atom stereocenters. The summed E-state index contributed by atoms with van der Waals surface area (Å²) in [6.45, 7) is 4.90. The molecule has 1 rings (SSSR count). The van der Waals surface area contributed by atoms with E-state index in [1.807, 2.05) is 6.08 Å². The van der Waals surface area contributed by atoms with Crippen molar-refractivity contribution >= 4 is 22.9 Å². The third-order valence-electron chi connectivity index (χ3n) is 1.24. The molecule has 0 aliphatic heterocycles. The normalized spacial score (nSPS) is 10.1. The Morgan fingerprint density at radius 1 is 1.75 bits per heavy atom. The topological polar surface area (TPSA) is 22.1 Å². The molecule has 1 aromatic heterocycles. The lowest BCUT2D eigenvalue weighted by molar-refractivity contribution is 0.127. The molecule has 0 spiro atoms. The van der Waals surface area contributed by atoms with Crippen molar-refractivity contribution in [1.29, 1.82) is 0 Å². The van der Waals surface area contributed by atoms with Crippen LogP contribution in [0.25, 0.3) is 0 Å². The van der Waals surface area contributed by atoms with Gasteiger partial charge in [-0.25, -0.2) is 4.98 Å². The van der Waals surface area contributed by atoms with E-state index in [0.717, 1.165) is 11.3 Å². The quantitative estimate of drug-likeness (QED) is 0.542. The Bertz CT molecular complexity index is 249. The second kappa shape index (κ2) is 5.30. The molecular formula is C8H10ClNOS. The molecule has 0 bridgehead atoms. The van der Waals surface area contributed by atoms with Gasteiger partial charge in [0.05, 0.1) is 18.1 Å². The zero-order valence-electron chi connectivity index (χ0n) is 6.62. The number of halogens is 1. The molecule has 0 aromatic carbocycles. The van der Waals surface area contributed by atoms with Gasteiger partial charge in [-0.2, -0.15) is 0 Å². The van der Waals surface area contributed by atoms with E-state index >= 15 is 0 Å². The van der Waals surface area contributed by atoms with E-state index in [4.69, 9.17) is 16.3 Å². The number of hydrogen-bond donors (Lipinski definition) is 0. The summed E-state index contributed by atoms with van der Waals surface area (Å²) in [5.74, 6) is 0. The van der Waals surface area contributed by atoms with Crippen LogP contribution in [-0.4, -0.2) is 11.6 Å². The molecule has 0 fully saturated rings. The molecule has 66 valence electrons. The third kappa shape index (κ3) is 3.34. The molecule has 1 aromatic rings. The lowest BCUT2D eigenvalue weighted by Gasteiger charge is -1.97. The van der Waals surface area contributed by atoms with Crippen molar-refractivity contribution in [1.82, 2.24) is 4.98 Å². The first-order valence-electron chi connectivity index (χ1n) is 3.62. The average Bonchev–Trinajstić information content (AvgIpc) is 2.45. The molecule has 0 aliphatic carbocycles. The highest BCUT2D eigenvalue weighted by molar-refractivity contribution is 7.15. The molecule has 0 radical (unpaired) electrons. The highest BCUT2D eigenvalue weighted by atomic mass is 35.5. The summed E-state index contributed by atoms with van der Waals surface area (Å²) in [6, 6.07) is 0. The minimum atomic E-state index is 0.567. The van der Waals surface area contributed by atoms with Crippen molar-refractivity contribution in [3.8, 4) is 0 Å². The van der Waals surface area contributed by atoms with Crippen LogP contribution in [0.3, 0.4) is 0 Å². The van der Waals surface area contributed by atoms with Crippen LogP contribution in [0.2, 0.25) is 4.47 Å². The van der Waals surface area contributed by atoms with Gasteiger partial charge in [0, 0.05) is 6.20 Å². The Morgan fingerprint density at radius 2 is 2.58 bits per heavy atom. The minimum Gasteiger partial charge on any atom is -0.376 e. The lowest BCUT2D eigenvalue weighted by atomic mass is 10.4.